The van der Waals surface area contributed by atoms with E-state index in [4.69, 9.17) is 0 Å². The van der Waals surface area contributed by atoms with Gasteiger partial charge in [0.05, 0.1) is 18.2 Å². The van der Waals surface area contributed by atoms with E-state index >= 15 is 0 Å². The molecule has 21 heavy (non-hydrogen) atoms. The van der Waals surface area contributed by atoms with Crippen molar-refractivity contribution in [1.82, 2.24) is 19.3 Å². The van der Waals surface area contributed by atoms with Crippen molar-refractivity contribution in [3.63, 3.8) is 0 Å². The quantitative estimate of drug-likeness (QED) is 0.902. The Morgan fingerprint density at radius 1 is 1.43 bits per heavy atom. The van der Waals surface area contributed by atoms with Crippen molar-refractivity contribution in [2.24, 2.45) is 7.05 Å². The second-order valence-corrected chi connectivity index (χ2v) is 5.10. The van der Waals surface area contributed by atoms with E-state index in [1.54, 1.807) is 11.7 Å². The number of anilines is 1. The van der Waals surface area contributed by atoms with Crippen LogP contribution in [0.25, 0.3) is 0 Å². The molecule has 7 nitrogen and oxygen atoms in total. The Morgan fingerprint density at radius 3 is 3.00 bits per heavy atom. The Hall–Kier alpha value is -2.44. The first-order valence-electron chi connectivity index (χ1n) is 7.02. The number of hydrogen-bond acceptors (Lipinski definition) is 4. The zero-order valence-corrected chi connectivity index (χ0v) is 12.1. The van der Waals surface area contributed by atoms with Gasteiger partial charge >= 0.3 is 0 Å². The lowest BCUT2D eigenvalue weighted by molar-refractivity contribution is 0.101. The summed E-state index contributed by atoms with van der Waals surface area (Å²) in [5, 5.41) is 7.03. The first kappa shape index (κ1) is 13.5. The fourth-order valence-corrected chi connectivity index (χ4v) is 2.75. The number of nitrogens with zero attached hydrogens (tertiary/aromatic N) is 4. The van der Waals surface area contributed by atoms with Crippen molar-refractivity contribution in [3.05, 3.63) is 39.8 Å². The highest BCUT2D eigenvalue weighted by Gasteiger charge is 2.25. The van der Waals surface area contributed by atoms with Gasteiger partial charge in [0.1, 0.15) is 11.4 Å². The van der Waals surface area contributed by atoms with Gasteiger partial charge in [0.2, 0.25) is 0 Å². The van der Waals surface area contributed by atoms with Crippen LogP contribution < -0.4 is 10.9 Å². The van der Waals surface area contributed by atoms with E-state index < -0.39 is 0 Å². The Labute approximate surface area is 121 Å². The highest BCUT2D eigenvalue weighted by Crippen LogP contribution is 2.24. The fraction of sp³-hybridized carbons (Fsp3) is 0.429. The van der Waals surface area contributed by atoms with Gasteiger partial charge in [0.15, 0.2) is 0 Å². The SMILES string of the molecule is CCn1cncc(NC(=O)c2c3c(nn2C)CCC3)c1=O. The second-order valence-electron chi connectivity index (χ2n) is 5.10. The molecule has 1 N–H and O–H groups in total. The van der Waals surface area contributed by atoms with Gasteiger partial charge in [0, 0.05) is 19.2 Å². The van der Waals surface area contributed by atoms with Crippen LogP contribution in [0.15, 0.2) is 17.3 Å². The van der Waals surface area contributed by atoms with Crippen molar-refractivity contribution in [2.75, 3.05) is 5.32 Å². The Bertz CT molecular complexity index is 759. The summed E-state index contributed by atoms with van der Waals surface area (Å²) in [7, 11) is 1.75. The van der Waals surface area contributed by atoms with Gasteiger partial charge in [-0.25, -0.2) is 4.98 Å². The number of fused-ring (bicyclic) bond motifs is 1. The maximum absolute atomic E-state index is 12.5. The number of carbonyl (C=O) groups is 1. The monoisotopic (exact) mass is 287 g/mol. The molecule has 0 saturated heterocycles. The summed E-state index contributed by atoms with van der Waals surface area (Å²) in [6.45, 7) is 2.36. The van der Waals surface area contributed by atoms with Crippen LogP contribution in [0.3, 0.4) is 0 Å². The van der Waals surface area contributed by atoms with Crippen LogP contribution in [0.4, 0.5) is 5.69 Å². The smallest absolute Gasteiger partial charge is 0.277 e. The minimum atomic E-state index is -0.305. The summed E-state index contributed by atoms with van der Waals surface area (Å²) >= 11 is 0. The fourth-order valence-electron chi connectivity index (χ4n) is 2.75. The van der Waals surface area contributed by atoms with Crippen LogP contribution in [0.2, 0.25) is 0 Å². The summed E-state index contributed by atoms with van der Waals surface area (Å²) < 4.78 is 3.04. The van der Waals surface area contributed by atoms with Gasteiger partial charge < -0.3 is 5.32 Å². The molecule has 1 aliphatic rings. The molecule has 0 bridgehead atoms. The van der Waals surface area contributed by atoms with Gasteiger partial charge in [-0.2, -0.15) is 5.10 Å². The lowest BCUT2D eigenvalue weighted by Gasteiger charge is -2.08. The molecule has 0 spiro atoms. The summed E-state index contributed by atoms with van der Waals surface area (Å²) in [5.41, 5.74) is 2.46. The van der Waals surface area contributed by atoms with Crippen molar-refractivity contribution < 1.29 is 4.79 Å². The Morgan fingerprint density at radius 2 is 2.24 bits per heavy atom. The third-order valence-electron chi connectivity index (χ3n) is 3.77. The Balaban J connectivity index is 1.93. The second kappa shape index (κ2) is 5.16. The van der Waals surface area contributed by atoms with Crippen molar-refractivity contribution in [2.45, 2.75) is 32.7 Å². The van der Waals surface area contributed by atoms with Crippen LogP contribution in [0.1, 0.15) is 35.1 Å². The molecule has 0 atom stereocenters. The minimum absolute atomic E-state index is 0.192. The summed E-state index contributed by atoms with van der Waals surface area (Å²) in [4.78, 5) is 28.5. The first-order valence-corrected chi connectivity index (χ1v) is 7.02. The number of amides is 1. The molecular formula is C14H17N5O2. The maximum Gasteiger partial charge on any atom is 0.277 e. The van der Waals surface area contributed by atoms with Gasteiger partial charge in [-0.3, -0.25) is 18.8 Å². The number of carbonyl (C=O) groups excluding carboxylic acids is 1. The van der Waals surface area contributed by atoms with E-state index in [1.165, 1.54) is 17.1 Å². The third-order valence-corrected chi connectivity index (χ3v) is 3.77. The average Bonchev–Trinajstić information content (AvgIpc) is 3.00. The molecule has 7 heteroatoms. The van der Waals surface area contributed by atoms with Gasteiger partial charge in [0.25, 0.3) is 11.5 Å². The molecule has 2 aromatic rings. The van der Waals surface area contributed by atoms with E-state index in [0.29, 0.717) is 12.2 Å². The molecule has 1 amide bonds. The van der Waals surface area contributed by atoms with Crippen molar-refractivity contribution in [3.8, 4) is 0 Å². The number of nitrogens with one attached hydrogen (secondary N) is 1. The summed E-state index contributed by atoms with van der Waals surface area (Å²) in [6, 6.07) is 0. The molecule has 2 heterocycles. The third kappa shape index (κ3) is 2.24. The Kier molecular flexibility index (Phi) is 3.32. The van der Waals surface area contributed by atoms with Crippen LogP contribution in [0, 0.1) is 0 Å². The van der Waals surface area contributed by atoms with Gasteiger partial charge in [-0.15, -0.1) is 0 Å². The largest absolute Gasteiger partial charge is 0.315 e. The molecule has 110 valence electrons. The minimum Gasteiger partial charge on any atom is -0.315 e. The zero-order chi connectivity index (χ0) is 15.0. The molecule has 0 aliphatic heterocycles. The van der Waals surface area contributed by atoms with Gasteiger partial charge in [-0.05, 0) is 26.2 Å². The van der Waals surface area contributed by atoms with Crippen LogP contribution >= 0.6 is 0 Å². The van der Waals surface area contributed by atoms with E-state index in [0.717, 1.165) is 30.5 Å². The van der Waals surface area contributed by atoms with Crippen LogP contribution in [0.5, 0.6) is 0 Å². The molecule has 0 radical (unpaired) electrons. The van der Waals surface area contributed by atoms with Crippen molar-refractivity contribution in [1.29, 1.82) is 0 Å². The van der Waals surface area contributed by atoms with Crippen molar-refractivity contribution >= 4 is 11.6 Å². The number of hydrogen-bond donors (Lipinski definition) is 1. The van der Waals surface area contributed by atoms with Crippen LogP contribution in [-0.4, -0.2) is 25.2 Å². The molecule has 0 fully saturated rings. The highest BCUT2D eigenvalue weighted by molar-refractivity contribution is 6.04. The lowest BCUT2D eigenvalue weighted by Crippen LogP contribution is -2.27. The number of aryl methyl sites for hydroxylation is 3. The molecule has 0 unspecified atom stereocenters. The highest BCUT2D eigenvalue weighted by atomic mass is 16.2. The zero-order valence-electron chi connectivity index (χ0n) is 12.1. The summed E-state index contributed by atoms with van der Waals surface area (Å²) in [6.07, 6.45) is 5.63. The van der Waals surface area contributed by atoms with Crippen LogP contribution in [-0.2, 0) is 26.4 Å². The molecule has 0 saturated carbocycles. The predicted molar refractivity (Wildman–Crippen MR) is 77.4 cm³/mol. The number of aromatic nitrogens is 4. The molecular weight excluding hydrogens is 270 g/mol. The molecule has 0 aromatic carbocycles. The maximum atomic E-state index is 12.5. The molecule has 1 aliphatic carbocycles. The normalized spacial score (nSPS) is 13.2. The topological polar surface area (TPSA) is 81.8 Å². The lowest BCUT2D eigenvalue weighted by atomic mass is 10.2. The molecule has 2 aromatic heterocycles. The van der Waals surface area contributed by atoms with E-state index in [2.05, 4.69) is 15.4 Å². The summed E-state index contributed by atoms with van der Waals surface area (Å²) in [5.74, 6) is -0.305. The number of rotatable bonds is 3. The van der Waals surface area contributed by atoms with Gasteiger partial charge in [-0.1, -0.05) is 0 Å². The predicted octanol–water partition coefficient (Wildman–Crippen LogP) is 0.738. The first-order chi connectivity index (χ1) is 10.1. The van der Waals surface area contributed by atoms with E-state index in [9.17, 15) is 9.59 Å². The molecule has 3 rings (SSSR count). The average molecular weight is 287 g/mol. The standard InChI is InChI=1S/C14H17N5O2/c1-3-19-8-15-7-11(14(19)21)16-13(20)12-9-5-4-6-10(9)17-18(12)2/h7-8H,3-6H2,1-2H3,(H,16,20). The van der Waals surface area contributed by atoms with E-state index in [1.807, 2.05) is 6.92 Å². The van der Waals surface area contributed by atoms with E-state index in [-0.39, 0.29) is 17.2 Å².